The minimum absolute atomic E-state index is 0.354. The van der Waals surface area contributed by atoms with Gasteiger partial charge in [-0.2, -0.15) is 4.98 Å². The largest absolute Gasteiger partial charge is 0.459 e. The summed E-state index contributed by atoms with van der Waals surface area (Å²) in [5.41, 5.74) is 6.09. The summed E-state index contributed by atoms with van der Waals surface area (Å²) >= 11 is 0. The minimum atomic E-state index is 0.354. The Kier molecular flexibility index (Phi) is 2.85. The van der Waals surface area contributed by atoms with Crippen molar-refractivity contribution in [3.05, 3.63) is 24.2 Å². The van der Waals surface area contributed by atoms with Gasteiger partial charge < -0.3 is 14.7 Å². The second-order valence-electron chi connectivity index (χ2n) is 5.78. The summed E-state index contributed by atoms with van der Waals surface area (Å²) in [5.74, 6) is 1.79. The number of piperidine rings is 1. The third-order valence-electron chi connectivity index (χ3n) is 4.44. The summed E-state index contributed by atoms with van der Waals surface area (Å²) in [6, 6.07) is 5.14. The van der Waals surface area contributed by atoms with Crippen LogP contribution in [0.15, 0.2) is 27.3 Å². The second-order valence-corrected chi connectivity index (χ2v) is 5.78. The molecule has 0 aliphatic carbocycles. The van der Waals surface area contributed by atoms with E-state index >= 15 is 0 Å². The molecule has 4 heterocycles. The van der Waals surface area contributed by atoms with Gasteiger partial charge in [-0.25, -0.2) is 0 Å². The molecular weight excluding hydrogens is 256 g/mol. The molecule has 2 aliphatic heterocycles. The van der Waals surface area contributed by atoms with Gasteiger partial charge in [0.15, 0.2) is 11.6 Å². The fourth-order valence-electron chi connectivity index (χ4n) is 3.56. The van der Waals surface area contributed by atoms with E-state index in [9.17, 15) is 0 Å². The number of nitrogens with zero attached hydrogens (tertiary/aromatic N) is 3. The maximum Gasteiger partial charge on any atom is 0.293 e. The van der Waals surface area contributed by atoms with Crippen molar-refractivity contribution in [2.75, 3.05) is 0 Å². The van der Waals surface area contributed by atoms with Crippen LogP contribution in [0.1, 0.15) is 31.5 Å². The molecule has 0 amide bonds. The molecule has 6 heteroatoms. The SMILES string of the molecule is NC1CC2CCC(C1)N2Cc1noc(-c2ccco2)n1. The molecule has 0 saturated carbocycles. The van der Waals surface area contributed by atoms with Crippen LogP contribution in [-0.2, 0) is 6.54 Å². The highest BCUT2D eigenvalue weighted by Gasteiger charge is 2.40. The van der Waals surface area contributed by atoms with Gasteiger partial charge in [-0.3, -0.25) is 4.90 Å². The van der Waals surface area contributed by atoms with Gasteiger partial charge in [0, 0.05) is 18.1 Å². The average Bonchev–Trinajstić information content (AvgIpc) is 3.12. The predicted octanol–water partition coefficient (Wildman–Crippen LogP) is 1.78. The zero-order valence-electron chi connectivity index (χ0n) is 11.2. The molecule has 2 N–H and O–H groups in total. The first-order valence-electron chi connectivity index (χ1n) is 7.17. The van der Waals surface area contributed by atoms with Gasteiger partial charge in [-0.15, -0.1) is 0 Å². The van der Waals surface area contributed by atoms with Crippen molar-refractivity contribution in [2.24, 2.45) is 5.73 Å². The average molecular weight is 274 g/mol. The van der Waals surface area contributed by atoms with Crippen LogP contribution in [0, 0.1) is 0 Å². The van der Waals surface area contributed by atoms with Crippen LogP contribution >= 0.6 is 0 Å². The number of fused-ring (bicyclic) bond motifs is 2. The first-order valence-corrected chi connectivity index (χ1v) is 7.17. The van der Waals surface area contributed by atoms with E-state index in [0.717, 1.165) is 25.2 Å². The highest BCUT2D eigenvalue weighted by atomic mass is 16.5. The molecule has 0 spiro atoms. The topological polar surface area (TPSA) is 81.3 Å². The van der Waals surface area contributed by atoms with Crippen LogP contribution in [-0.4, -0.2) is 33.2 Å². The molecule has 0 radical (unpaired) electrons. The van der Waals surface area contributed by atoms with Gasteiger partial charge in [0.25, 0.3) is 5.89 Å². The molecule has 2 aromatic heterocycles. The zero-order valence-corrected chi connectivity index (χ0v) is 11.2. The van der Waals surface area contributed by atoms with Gasteiger partial charge in [0.05, 0.1) is 12.8 Å². The van der Waals surface area contributed by atoms with Gasteiger partial charge >= 0.3 is 0 Å². The first kappa shape index (κ1) is 12.1. The van der Waals surface area contributed by atoms with E-state index in [2.05, 4.69) is 15.0 Å². The molecule has 2 saturated heterocycles. The summed E-state index contributed by atoms with van der Waals surface area (Å²) < 4.78 is 10.5. The fourth-order valence-corrected chi connectivity index (χ4v) is 3.56. The lowest BCUT2D eigenvalue weighted by Crippen LogP contribution is -2.46. The Morgan fingerprint density at radius 3 is 2.80 bits per heavy atom. The Morgan fingerprint density at radius 2 is 2.10 bits per heavy atom. The van der Waals surface area contributed by atoms with Crippen molar-refractivity contribution in [1.82, 2.24) is 15.0 Å². The molecule has 6 nitrogen and oxygen atoms in total. The highest BCUT2D eigenvalue weighted by molar-refractivity contribution is 5.42. The molecule has 2 fully saturated rings. The van der Waals surface area contributed by atoms with Gasteiger partial charge in [0.1, 0.15) is 0 Å². The van der Waals surface area contributed by atoms with Crippen molar-refractivity contribution in [1.29, 1.82) is 0 Å². The molecule has 4 rings (SSSR count). The quantitative estimate of drug-likeness (QED) is 0.918. The molecule has 2 aliphatic rings. The standard InChI is InChI=1S/C14H18N4O2/c15-9-6-10-3-4-11(7-9)18(10)8-13-16-14(20-17-13)12-2-1-5-19-12/h1-2,5,9-11H,3-4,6-8,15H2. The number of nitrogens with two attached hydrogens (primary N) is 1. The van der Waals surface area contributed by atoms with E-state index in [1.807, 2.05) is 12.1 Å². The van der Waals surface area contributed by atoms with Crippen LogP contribution in [0.2, 0.25) is 0 Å². The molecule has 20 heavy (non-hydrogen) atoms. The lowest BCUT2D eigenvalue weighted by molar-refractivity contribution is 0.115. The van der Waals surface area contributed by atoms with Crippen LogP contribution in [0.4, 0.5) is 0 Å². The van der Waals surface area contributed by atoms with E-state index in [1.54, 1.807) is 6.26 Å². The molecule has 2 atom stereocenters. The summed E-state index contributed by atoms with van der Waals surface area (Å²) in [4.78, 5) is 6.90. The maximum absolute atomic E-state index is 6.09. The van der Waals surface area contributed by atoms with Gasteiger partial charge in [-0.1, -0.05) is 5.16 Å². The monoisotopic (exact) mass is 274 g/mol. The lowest BCUT2D eigenvalue weighted by atomic mass is 9.98. The first-order chi connectivity index (χ1) is 9.79. The number of rotatable bonds is 3. The third kappa shape index (κ3) is 2.05. The molecular formula is C14H18N4O2. The minimum Gasteiger partial charge on any atom is -0.459 e. The van der Waals surface area contributed by atoms with Crippen molar-refractivity contribution in [3.8, 4) is 11.7 Å². The van der Waals surface area contributed by atoms with Crippen LogP contribution in [0.25, 0.3) is 11.7 Å². The van der Waals surface area contributed by atoms with Crippen molar-refractivity contribution in [3.63, 3.8) is 0 Å². The Bertz CT molecular complexity index is 566. The zero-order chi connectivity index (χ0) is 13.5. The van der Waals surface area contributed by atoms with Crippen molar-refractivity contribution >= 4 is 0 Å². The van der Waals surface area contributed by atoms with Crippen molar-refractivity contribution < 1.29 is 8.94 Å². The van der Waals surface area contributed by atoms with E-state index in [-0.39, 0.29) is 0 Å². The van der Waals surface area contributed by atoms with E-state index in [0.29, 0.717) is 29.8 Å². The van der Waals surface area contributed by atoms with Crippen LogP contribution in [0.3, 0.4) is 0 Å². The Balaban J connectivity index is 1.50. The lowest BCUT2D eigenvalue weighted by Gasteiger charge is -2.36. The Hall–Kier alpha value is -1.66. The molecule has 2 unspecified atom stereocenters. The summed E-state index contributed by atoms with van der Waals surface area (Å²) in [6.07, 6.45) is 6.24. The second kappa shape index (κ2) is 4.71. The molecule has 2 bridgehead atoms. The van der Waals surface area contributed by atoms with Crippen LogP contribution < -0.4 is 5.73 Å². The number of hydrogen-bond donors (Lipinski definition) is 1. The number of hydrogen-bond acceptors (Lipinski definition) is 6. The normalized spacial score (nSPS) is 29.9. The Labute approximate surface area is 116 Å². The molecule has 0 aromatic carbocycles. The maximum atomic E-state index is 6.09. The van der Waals surface area contributed by atoms with Gasteiger partial charge in [-0.05, 0) is 37.8 Å². The summed E-state index contributed by atoms with van der Waals surface area (Å²) in [7, 11) is 0. The van der Waals surface area contributed by atoms with Crippen molar-refractivity contribution in [2.45, 2.75) is 50.4 Å². The molecule has 106 valence electrons. The summed E-state index contributed by atoms with van der Waals surface area (Å²) in [5, 5.41) is 4.06. The van der Waals surface area contributed by atoms with Gasteiger partial charge in [0.2, 0.25) is 0 Å². The smallest absolute Gasteiger partial charge is 0.293 e. The number of furan rings is 1. The Morgan fingerprint density at radius 1 is 1.30 bits per heavy atom. The fraction of sp³-hybridized carbons (Fsp3) is 0.571. The predicted molar refractivity (Wildman–Crippen MR) is 71.6 cm³/mol. The highest BCUT2D eigenvalue weighted by Crippen LogP contribution is 2.36. The van der Waals surface area contributed by atoms with E-state index in [4.69, 9.17) is 14.7 Å². The van der Waals surface area contributed by atoms with Crippen LogP contribution in [0.5, 0.6) is 0 Å². The number of aromatic nitrogens is 2. The third-order valence-corrected chi connectivity index (χ3v) is 4.44. The van der Waals surface area contributed by atoms with E-state index in [1.165, 1.54) is 12.8 Å². The van der Waals surface area contributed by atoms with E-state index < -0.39 is 0 Å². The summed E-state index contributed by atoms with van der Waals surface area (Å²) in [6.45, 7) is 0.742. The molecule has 2 aromatic rings.